The molecule has 1 atom stereocenters. The van der Waals surface area contributed by atoms with Gasteiger partial charge in [0.2, 0.25) is 6.41 Å². The maximum Gasteiger partial charge on any atom is 0.211 e. The number of ether oxygens (including phenoxy) is 2. The van der Waals surface area contributed by atoms with Crippen LogP contribution in [0.2, 0.25) is 0 Å². The lowest BCUT2D eigenvalue weighted by molar-refractivity contribution is -0.105. The van der Waals surface area contributed by atoms with Crippen molar-refractivity contribution >= 4 is 12.1 Å². The van der Waals surface area contributed by atoms with E-state index in [1.54, 1.807) is 6.07 Å². The van der Waals surface area contributed by atoms with E-state index < -0.39 is 5.60 Å². The van der Waals surface area contributed by atoms with E-state index in [-0.39, 0.29) is 6.04 Å². The second-order valence-corrected chi connectivity index (χ2v) is 4.83. The Labute approximate surface area is 113 Å². The number of hydrogen-bond donors (Lipinski definition) is 2. The third kappa shape index (κ3) is 3.05. The fraction of sp³-hybridized carbons (Fsp3) is 0.500. The lowest BCUT2D eigenvalue weighted by atomic mass is 9.87. The number of benzene rings is 1. The fourth-order valence-corrected chi connectivity index (χ4v) is 2.32. The number of rotatable bonds is 5. The summed E-state index contributed by atoms with van der Waals surface area (Å²) >= 11 is 0. The van der Waals surface area contributed by atoms with Gasteiger partial charge in [-0.05, 0) is 19.1 Å². The maximum absolute atomic E-state index is 10.6. The summed E-state index contributed by atoms with van der Waals surface area (Å²) in [6, 6.07) is 7.25. The molecule has 1 heterocycles. The summed E-state index contributed by atoms with van der Waals surface area (Å²) in [6.45, 7) is 3.23. The van der Waals surface area contributed by atoms with Crippen LogP contribution in [0.25, 0.3) is 0 Å². The van der Waals surface area contributed by atoms with E-state index in [1.807, 2.05) is 25.1 Å². The second kappa shape index (κ2) is 6.04. The van der Waals surface area contributed by atoms with Crippen molar-refractivity contribution < 1.29 is 14.3 Å². The predicted molar refractivity (Wildman–Crippen MR) is 73.2 cm³/mol. The van der Waals surface area contributed by atoms with Crippen LogP contribution in [-0.4, -0.2) is 31.3 Å². The first-order valence-electron chi connectivity index (χ1n) is 6.49. The highest BCUT2D eigenvalue weighted by Crippen LogP contribution is 2.34. The van der Waals surface area contributed by atoms with E-state index in [4.69, 9.17) is 15.2 Å². The summed E-state index contributed by atoms with van der Waals surface area (Å²) < 4.78 is 11.5. The number of carbonyl (C=O) groups excluding carboxylic acids is 1. The monoisotopic (exact) mass is 264 g/mol. The number of carbonyl (C=O) groups is 1. The number of anilines is 1. The first-order valence-corrected chi connectivity index (χ1v) is 6.49. The first kappa shape index (κ1) is 13.8. The van der Waals surface area contributed by atoms with E-state index >= 15 is 0 Å². The Kier molecular flexibility index (Phi) is 4.39. The fourth-order valence-electron chi connectivity index (χ4n) is 2.32. The van der Waals surface area contributed by atoms with Crippen LogP contribution in [0.4, 0.5) is 5.69 Å². The van der Waals surface area contributed by atoms with Crippen molar-refractivity contribution in [2.75, 3.05) is 18.5 Å². The van der Waals surface area contributed by atoms with E-state index in [0.717, 1.165) is 12.8 Å². The molecule has 5 nitrogen and oxygen atoms in total. The van der Waals surface area contributed by atoms with Crippen LogP contribution >= 0.6 is 0 Å². The summed E-state index contributed by atoms with van der Waals surface area (Å²) in [7, 11) is 0. The molecule has 0 bridgehead atoms. The third-order valence-electron chi connectivity index (χ3n) is 3.58. The highest BCUT2D eigenvalue weighted by atomic mass is 16.5. The lowest BCUT2D eigenvalue weighted by Gasteiger charge is -2.40. The molecule has 1 saturated heterocycles. The minimum Gasteiger partial charge on any atom is -0.483 e. The number of nitrogens with two attached hydrogens (primary N) is 1. The van der Waals surface area contributed by atoms with Gasteiger partial charge < -0.3 is 20.5 Å². The molecule has 19 heavy (non-hydrogen) atoms. The standard InChI is InChI=1S/C14H20N2O3/c1-11(15)14(6-8-18-9-7-14)19-13-5-3-2-4-12(13)16-10-17/h2-5,10-11H,6-9,15H2,1H3,(H,16,17). The molecule has 5 heteroatoms. The molecule has 1 aliphatic rings. The maximum atomic E-state index is 10.6. The van der Waals surface area contributed by atoms with Crippen molar-refractivity contribution in [3.8, 4) is 5.75 Å². The summed E-state index contributed by atoms with van der Waals surface area (Å²) in [5, 5.41) is 2.64. The lowest BCUT2D eigenvalue weighted by Crippen LogP contribution is -2.54. The molecule has 0 saturated carbocycles. The molecule has 1 aliphatic heterocycles. The summed E-state index contributed by atoms with van der Waals surface area (Å²) in [6.07, 6.45) is 2.14. The number of para-hydroxylation sites is 2. The van der Waals surface area contributed by atoms with Crippen LogP contribution in [0.5, 0.6) is 5.75 Å². The van der Waals surface area contributed by atoms with Crippen LogP contribution < -0.4 is 15.8 Å². The molecule has 1 amide bonds. The molecule has 1 unspecified atom stereocenters. The Balaban J connectivity index is 2.24. The molecule has 1 fully saturated rings. The van der Waals surface area contributed by atoms with Gasteiger partial charge in [0.05, 0.1) is 18.9 Å². The van der Waals surface area contributed by atoms with Crippen LogP contribution in [-0.2, 0) is 9.53 Å². The molecule has 1 aromatic carbocycles. The zero-order chi connectivity index (χ0) is 13.7. The van der Waals surface area contributed by atoms with Crippen molar-refractivity contribution in [2.24, 2.45) is 5.73 Å². The Morgan fingerprint density at radius 1 is 1.42 bits per heavy atom. The average Bonchev–Trinajstić information content (AvgIpc) is 2.42. The Morgan fingerprint density at radius 2 is 2.11 bits per heavy atom. The largest absolute Gasteiger partial charge is 0.483 e. The molecule has 104 valence electrons. The second-order valence-electron chi connectivity index (χ2n) is 4.83. The van der Waals surface area contributed by atoms with Gasteiger partial charge in [0, 0.05) is 18.9 Å². The predicted octanol–water partition coefficient (Wildman–Crippen LogP) is 1.53. The topological polar surface area (TPSA) is 73.6 Å². The van der Waals surface area contributed by atoms with Crippen molar-refractivity contribution in [3.05, 3.63) is 24.3 Å². The van der Waals surface area contributed by atoms with Crippen LogP contribution in [0.15, 0.2) is 24.3 Å². The molecule has 0 aromatic heterocycles. The number of nitrogens with one attached hydrogen (secondary N) is 1. The minimum absolute atomic E-state index is 0.110. The quantitative estimate of drug-likeness (QED) is 0.791. The SMILES string of the molecule is CC(N)C1(Oc2ccccc2NC=O)CCOCC1. The van der Waals surface area contributed by atoms with E-state index in [0.29, 0.717) is 31.1 Å². The highest BCUT2D eigenvalue weighted by Gasteiger charge is 2.39. The zero-order valence-electron chi connectivity index (χ0n) is 11.1. The van der Waals surface area contributed by atoms with Gasteiger partial charge in [-0.1, -0.05) is 12.1 Å². The van der Waals surface area contributed by atoms with Crippen LogP contribution in [0, 0.1) is 0 Å². The van der Waals surface area contributed by atoms with Crippen molar-refractivity contribution in [3.63, 3.8) is 0 Å². The third-order valence-corrected chi connectivity index (χ3v) is 3.58. The first-order chi connectivity index (χ1) is 9.18. The molecule has 1 aromatic rings. The summed E-state index contributed by atoms with van der Waals surface area (Å²) in [5.74, 6) is 0.647. The molecular formula is C14H20N2O3. The molecular weight excluding hydrogens is 244 g/mol. The molecule has 2 rings (SSSR count). The molecule has 0 spiro atoms. The number of hydrogen-bond acceptors (Lipinski definition) is 4. The van der Waals surface area contributed by atoms with Gasteiger partial charge in [0.1, 0.15) is 11.4 Å². The van der Waals surface area contributed by atoms with Gasteiger partial charge in [-0.2, -0.15) is 0 Å². The van der Waals surface area contributed by atoms with Gasteiger partial charge in [-0.25, -0.2) is 0 Å². The van der Waals surface area contributed by atoms with Gasteiger partial charge in [0.15, 0.2) is 0 Å². The van der Waals surface area contributed by atoms with Gasteiger partial charge in [-0.15, -0.1) is 0 Å². The highest BCUT2D eigenvalue weighted by molar-refractivity contribution is 5.75. The van der Waals surface area contributed by atoms with E-state index in [9.17, 15) is 4.79 Å². The van der Waals surface area contributed by atoms with Crippen molar-refractivity contribution in [1.82, 2.24) is 0 Å². The average molecular weight is 264 g/mol. The zero-order valence-corrected chi connectivity index (χ0v) is 11.1. The summed E-state index contributed by atoms with van der Waals surface area (Å²) in [5.41, 5.74) is 6.33. The van der Waals surface area contributed by atoms with Crippen LogP contribution in [0.1, 0.15) is 19.8 Å². The molecule has 0 radical (unpaired) electrons. The summed E-state index contributed by atoms with van der Waals surface area (Å²) in [4.78, 5) is 10.6. The van der Waals surface area contributed by atoms with Gasteiger partial charge >= 0.3 is 0 Å². The minimum atomic E-state index is -0.432. The van der Waals surface area contributed by atoms with Crippen molar-refractivity contribution in [2.45, 2.75) is 31.4 Å². The normalized spacial score (nSPS) is 19.5. The van der Waals surface area contributed by atoms with E-state index in [2.05, 4.69) is 5.32 Å². The molecule has 0 aliphatic carbocycles. The smallest absolute Gasteiger partial charge is 0.211 e. The number of amides is 1. The van der Waals surface area contributed by atoms with E-state index in [1.165, 1.54) is 0 Å². The Morgan fingerprint density at radius 3 is 2.74 bits per heavy atom. The Bertz CT molecular complexity index is 428. The van der Waals surface area contributed by atoms with Crippen molar-refractivity contribution in [1.29, 1.82) is 0 Å². The van der Waals surface area contributed by atoms with Gasteiger partial charge in [0.25, 0.3) is 0 Å². The molecule has 3 N–H and O–H groups in total. The van der Waals surface area contributed by atoms with Crippen LogP contribution in [0.3, 0.4) is 0 Å². The Hall–Kier alpha value is -1.59. The van der Waals surface area contributed by atoms with Gasteiger partial charge in [-0.3, -0.25) is 4.79 Å².